The van der Waals surface area contributed by atoms with Crippen LogP contribution in [0.25, 0.3) is 16.6 Å². The average molecular weight is 470 g/mol. The fourth-order valence-corrected chi connectivity index (χ4v) is 5.68. The molecule has 1 fully saturated rings. The van der Waals surface area contributed by atoms with Crippen molar-refractivity contribution in [2.24, 2.45) is 0 Å². The van der Waals surface area contributed by atoms with Gasteiger partial charge in [0.25, 0.3) is 5.56 Å². The number of hydrogen-bond acceptors (Lipinski definition) is 4. The van der Waals surface area contributed by atoms with Crippen LogP contribution in [0.1, 0.15) is 35.6 Å². The van der Waals surface area contributed by atoms with Crippen LogP contribution in [0.5, 0.6) is 0 Å². The minimum Gasteiger partial charge on any atom is -0.341 e. The number of hydrogen-bond donors (Lipinski definition) is 0. The lowest BCUT2D eigenvalue weighted by molar-refractivity contribution is -0.131. The van der Waals surface area contributed by atoms with E-state index in [0.29, 0.717) is 16.1 Å². The van der Waals surface area contributed by atoms with Crippen molar-refractivity contribution in [2.45, 2.75) is 36.6 Å². The molecule has 0 spiro atoms. The summed E-state index contributed by atoms with van der Waals surface area (Å²) in [5.41, 5.74) is 3.19. The van der Waals surface area contributed by atoms with Gasteiger partial charge in [0, 0.05) is 13.1 Å². The van der Waals surface area contributed by atoms with Crippen LogP contribution in [0, 0.1) is 6.92 Å². The largest absolute Gasteiger partial charge is 0.341 e. The number of amides is 1. The highest BCUT2D eigenvalue weighted by Crippen LogP contribution is 2.37. The summed E-state index contributed by atoms with van der Waals surface area (Å²) in [7, 11) is 0. The number of carbonyl (C=O) groups is 1. The zero-order valence-electron chi connectivity index (χ0n) is 19.2. The van der Waals surface area contributed by atoms with Gasteiger partial charge in [0.1, 0.15) is 5.25 Å². The van der Waals surface area contributed by atoms with Crippen molar-refractivity contribution < 1.29 is 4.79 Å². The molecule has 0 N–H and O–H groups in total. The van der Waals surface area contributed by atoms with E-state index in [1.54, 1.807) is 10.6 Å². The number of aryl methyl sites for hydroxylation is 1. The van der Waals surface area contributed by atoms with E-state index >= 15 is 0 Å². The van der Waals surface area contributed by atoms with Crippen molar-refractivity contribution in [1.82, 2.24) is 14.5 Å². The maximum Gasteiger partial charge on any atom is 0.266 e. The molecule has 6 heteroatoms. The highest BCUT2D eigenvalue weighted by molar-refractivity contribution is 8.00. The SMILES string of the molecule is Cc1ccccc1-n1c(SC(C(=O)N2CCCCC2)c2ccccc2)nc2ccccc2c1=O. The number of nitrogens with zero attached hydrogens (tertiary/aromatic N) is 3. The monoisotopic (exact) mass is 469 g/mol. The van der Waals surface area contributed by atoms with E-state index in [0.717, 1.165) is 49.2 Å². The summed E-state index contributed by atoms with van der Waals surface area (Å²) in [6.07, 6.45) is 3.21. The summed E-state index contributed by atoms with van der Waals surface area (Å²) < 4.78 is 1.67. The van der Waals surface area contributed by atoms with Crippen molar-refractivity contribution in [3.63, 3.8) is 0 Å². The smallest absolute Gasteiger partial charge is 0.266 e. The highest BCUT2D eigenvalue weighted by atomic mass is 32.2. The first-order valence-corrected chi connectivity index (χ1v) is 12.6. The molecule has 34 heavy (non-hydrogen) atoms. The predicted octanol–water partition coefficient (Wildman–Crippen LogP) is 5.54. The summed E-state index contributed by atoms with van der Waals surface area (Å²) in [5, 5.41) is 0.605. The second-order valence-electron chi connectivity index (χ2n) is 8.63. The first-order valence-electron chi connectivity index (χ1n) is 11.7. The van der Waals surface area contributed by atoms with Gasteiger partial charge in [-0.3, -0.25) is 14.2 Å². The maximum atomic E-state index is 13.8. The van der Waals surface area contributed by atoms with Gasteiger partial charge in [-0.05, 0) is 55.5 Å². The van der Waals surface area contributed by atoms with Crippen LogP contribution in [0.2, 0.25) is 0 Å². The Morgan fingerprint density at radius 3 is 2.32 bits per heavy atom. The summed E-state index contributed by atoms with van der Waals surface area (Å²) in [6.45, 7) is 3.54. The molecule has 1 aromatic heterocycles. The normalized spacial score (nSPS) is 14.8. The Morgan fingerprint density at radius 2 is 1.56 bits per heavy atom. The number of carbonyl (C=O) groups excluding carboxylic acids is 1. The molecule has 0 bridgehead atoms. The van der Waals surface area contributed by atoms with Gasteiger partial charge in [-0.2, -0.15) is 0 Å². The number of benzene rings is 3. The van der Waals surface area contributed by atoms with Crippen LogP contribution in [0.15, 0.2) is 88.8 Å². The fourth-order valence-electron chi connectivity index (χ4n) is 4.49. The molecule has 1 aliphatic heterocycles. The quantitative estimate of drug-likeness (QED) is 0.284. The third kappa shape index (κ3) is 4.38. The van der Waals surface area contributed by atoms with E-state index < -0.39 is 5.25 Å². The predicted molar refractivity (Wildman–Crippen MR) is 138 cm³/mol. The zero-order valence-corrected chi connectivity index (χ0v) is 20.0. The Bertz CT molecular complexity index is 1380. The van der Waals surface area contributed by atoms with Gasteiger partial charge in [0.2, 0.25) is 5.91 Å². The summed E-state index contributed by atoms with van der Waals surface area (Å²) in [4.78, 5) is 34.3. The topological polar surface area (TPSA) is 55.2 Å². The van der Waals surface area contributed by atoms with Crippen LogP contribution < -0.4 is 5.56 Å². The minimum absolute atomic E-state index is 0.0784. The van der Waals surface area contributed by atoms with Crippen molar-refractivity contribution in [1.29, 1.82) is 0 Å². The molecule has 0 saturated carbocycles. The molecule has 1 amide bonds. The summed E-state index contributed by atoms with van der Waals surface area (Å²) >= 11 is 1.36. The first-order chi connectivity index (χ1) is 16.6. The molecular weight excluding hydrogens is 442 g/mol. The lowest BCUT2D eigenvalue weighted by atomic mass is 10.1. The summed E-state index contributed by atoms with van der Waals surface area (Å²) in [5.74, 6) is 0.0784. The second-order valence-corrected chi connectivity index (χ2v) is 9.71. The molecule has 172 valence electrons. The van der Waals surface area contributed by atoms with Crippen LogP contribution >= 0.6 is 11.8 Å². The van der Waals surface area contributed by atoms with Gasteiger partial charge in [-0.1, -0.05) is 72.4 Å². The average Bonchev–Trinajstić information content (AvgIpc) is 2.89. The summed E-state index contributed by atoms with van der Waals surface area (Å²) in [6, 6.07) is 25.0. The van der Waals surface area contributed by atoms with E-state index in [9.17, 15) is 9.59 Å². The molecule has 1 unspecified atom stereocenters. The number of thioether (sulfide) groups is 1. The van der Waals surface area contributed by atoms with Gasteiger partial charge >= 0.3 is 0 Å². The standard InChI is InChI=1S/C28H27N3O2S/c1-20-12-6-9-17-24(20)31-26(32)22-15-7-8-16-23(22)29-28(31)34-25(21-13-4-2-5-14-21)27(33)30-18-10-3-11-19-30/h2,4-9,12-17,25H,3,10-11,18-19H2,1H3. The molecule has 3 aromatic carbocycles. The number of aromatic nitrogens is 2. The molecular formula is C28H27N3O2S. The van der Waals surface area contributed by atoms with E-state index in [1.807, 2.05) is 84.6 Å². The lowest BCUT2D eigenvalue weighted by Crippen LogP contribution is -2.38. The van der Waals surface area contributed by atoms with E-state index in [4.69, 9.17) is 4.98 Å². The number of likely N-dealkylation sites (tertiary alicyclic amines) is 1. The molecule has 1 atom stereocenters. The van der Waals surface area contributed by atoms with Crippen molar-refractivity contribution >= 4 is 28.6 Å². The Balaban J connectivity index is 1.67. The lowest BCUT2D eigenvalue weighted by Gasteiger charge is -2.30. The van der Waals surface area contributed by atoms with Crippen molar-refractivity contribution in [2.75, 3.05) is 13.1 Å². The molecule has 1 aliphatic rings. The molecule has 0 aliphatic carbocycles. The first kappa shape index (κ1) is 22.4. The third-order valence-electron chi connectivity index (χ3n) is 6.32. The van der Waals surface area contributed by atoms with Crippen molar-refractivity contribution in [3.05, 3.63) is 100 Å². The minimum atomic E-state index is -0.484. The Morgan fingerprint density at radius 1 is 0.882 bits per heavy atom. The van der Waals surface area contributed by atoms with Crippen LogP contribution in [-0.2, 0) is 4.79 Å². The van der Waals surface area contributed by atoms with Gasteiger partial charge in [-0.15, -0.1) is 0 Å². The fraction of sp³-hybridized carbons (Fsp3) is 0.250. The van der Waals surface area contributed by atoms with E-state index in [2.05, 4.69) is 0 Å². The van der Waals surface area contributed by atoms with Crippen LogP contribution in [-0.4, -0.2) is 33.4 Å². The van der Waals surface area contributed by atoms with E-state index in [1.165, 1.54) is 11.8 Å². The second kappa shape index (κ2) is 9.85. The molecule has 0 radical (unpaired) electrons. The van der Waals surface area contributed by atoms with Crippen LogP contribution in [0.3, 0.4) is 0 Å². The van der Waals surface area contributed by atoms with Gasteiger partial charge in [0.05, 0.1) is 16.6 Å². The highest BCUT2D eigenvalue weighted by Gasteiger charge is 2.30. The third-order valence-corrected chi connectivity index (χ3v) is 7.51. The zero-order chi connectivity index (χ0) is 23.5. The molecule has 5 rings (SSSR count). The Labute approximate surface area is 203 Å². The molecule has 2 heterocycles. The molecule has 1 saturated heterocycles. The van der Waals surface area contributed by atoms with E-state index in [-0.39, 0.29) is 11.5 Å². The Hall–Kier alpha value is -3.38. The van der Waals surface area contributed by atoms with Gasteiger partial charge in [0.15, 0.2) is 5.16 Å². The number of para-hydroxylation sites is 2. The Kier molecular flexibility index (Phi) is 6.50. The number of piperidine rings is 1. The van der Waals surface area contributed by atoms with Gasteiger partial charge in [-0.25, -0.2) is 4.98 Å². The number of fused-ring (bicyclic) bond motifs is 1. The number of rotatable bonds is 5. The van der Waals surface area contributed by atoms with Gasteiger partial charge < -0.3 is 4.90 Å². The molecule has 5 nitrogen and oxygen atoms in total. The maximum absolute atomic E-state index is 13.8. The van der Waals surface area contributed by atoms with Crippen molar-refractivity contribution in [3.8, 4) is 5.69 Å². The van der Waals surface area contributed by atoms with Crippen LogP contribution in [0.4, 0.5) is 0 Å². The molecule has 4 aromatic rings.